The molecule has 1 aromatic rings. The Morgan fingerprint density at radius 3 is 2.60 bits per heavy atom. The number of aromatic nitrogens is 1. The SMILES string of the molecule is CCN(CC)c1nc(N)c(C(=O)N(C)CCCOC)s1. The molecule has 0 atom stereocenters. The van der Waals surface area contributed by atoms with Crippen LogP contribution in [-0.4, -0.2) is 56.2 Å². The summed E-state index contributed by atoms with van der Waals surface area (Å²) in [4.78, 5) is 20.9. The normalized spacial score (nSPS) is 10.6. The van der Waals surface area contributed by atoms with Crippen LogP contribution in [0.5, 0.6) is 0 Å². The molecule has 0 saturated heterocycles. The topological polar surface area (TPSA) is 71.7 Å². The van der Waals surface area contributed by atoms with Crippen LogP contribution in [0, 0.1) is 0 Å². The fourth-order valence-corrected chi connectivity index (χ4v) is 2.93. The van der Waals surface area contributed by atoms with Gasteiger partial charge in [-0.15, -0.1) is 0 Å². The number of hydrogen-bond acceptors (Lipinski definition) is 6. The summed E-state index contributed by atoms with van der Waals surface area (Å²) in [7, 11) is 3.42. The first-order valence-electron chi connectivity index (χ1n) is 6.80. The fraction of sp³-hybridized carbons (Fsp3) is 0.692. The van der Waals surface area contributed by atoms with E-state index >= 15 is 0 Å². The minimum atomic E-state index is -0.0745. The molecule has 114 valence electrons. The number of anilines is 2. The van der Waals surface area contributed by atoms with Gasteiger partial charge >= 0.3 is 0 Å². The number of nitrogens with two attached hydrogens (primary N) is 1. The third kappa shape index (κ3) is 4.08. The molecule has 1 amide bonds. The second-order valence-corrected chi connectivity index (χ2v) is 5.43. The number of ether oxygens (including phenoxy) is 1. The van der Waals surface area contributed by atoms with Gasteiger partial charge in [0.1, 0.15) is 10.7 Å². The average molecular weight is 300 g/mol. The molecule has 6 nitrogen and oxygen atoms in total. The molecule has 0 radical (unpaired) electrons. The largest absolute Gasteiger partial charge is 0.385 e. The van der Waals surface area contributed by atoms with Crippen molar-refractivity contribution in [3.8, 4) is 0 Å². The number of methoxy groups -OCH3 is 1. The number of amides is 1. The summed E-state index contributed by atoms with van der Waals surface area (Å²) < 4.78 is 4.99. The minimum Gasteiger partial charge on any atom is -0.385 e. The molecule has 0 saturated carbocycles. The zero-order valence-electron chi connectivity index (χ0n) is 12.7. The second-order valence-electron chi connectivity index (χ2n) is 4.46. The standard InChI is InChI=1S/C13H24N4O2S/c1-5-17(6-2)13-15-11(14)10(20-13)12(18)16(3)8-7-9-19-4/h5-9,14H2,1-4H3. The van der Waals surface area contributed by atoms with Gasteiger partial charge in [-0.05, 0) is 20.3 Å². The zero-order chi connectivity index (χ0) is 15.1. The predicted octanol–water partition coefficient (Wildman–Crippen LogP) is 1.68. The number of carbonyl (C=O) groups excluding carboxylic acids is 1. The van der Waals surface area contributed by atoms with E-state index in [2.05, 4.69) is 23.7 Å². The van der Waals surface area contributed by atoms with Crippen LogP contribution in [-0.2, 0) is 4.74 Å². The molecule has 0 aliphatic carbocycles. The fourth-order valence-electron chi connectivity index (χ4n) is 1.82. The average Bonchev–Trinajstić information content (AvgIpc) is 2.81. The monoisotopic (exact) mass is 300 g/mol. The number of nitrogens with zero attached hydrogens (tertiary/aromatic N) is 3. The molecule has 0 fully saturated rings. The Kier molecular flexibility index (Phi) is 6.74. The van der Waals surface area contributed by atoms with Gasteiger partial charge in [-0.25, -0.2) is 4.98 Å². The van der Waals surface area contributed by atoms with Gasteiger partial charge < -0.3 is 20.3 Å². The molecular formula is C13H24N4O2S. The molecule has 0 aliphatic rings. The summed E-state index contributed by atoms with van der Waals surface area (Å²) in [5, 5.41) is 0.807. The van der Waals surface area contributed by atoms with E-state index in [1.54, 1.807) is 19.1 Å². The summed E-state index contributed by atoms with van der Waals surface area (Å²) in [6.45, 7) is 7.09. The maximum Gasteiger partial charge on any atom is 0.267 e. The van der Waals surface area contributed by atoms with Crippen molar-refractivity contribution in [1.29, 1.82) is 0 Å². The lowest BCUT2D eigenvalue weighted by Crippen LogP contribution is -2.28. The Hall–Kier alpha value is -1.34. The van der Waals surface area contributed by atoms with Crippen molar-refractivity contribution < 1.29 is 9.53 Å². The molecule has 0 aliphatic heterocycles. The van der Waals surface area contributed by atoms with Crippen molar-refractivity contribution in [2.45, 2.75) is 20.3 Å². The molecule has 0 aromatic carbocycles. The number of thiazole rings is 1. The summed E-state index contributed by atoms with van der Waals surface area (Å²) in [5.74, 6) is 0.245. The third-order valence-electron chi connectivity index (χ3n) is 3.06. The van der Waals surface area contributed by atoms with E-state index in [9.17, 15) is 4.79 Å². The molecule has 7 heteroatoms. The van der Waals surface area contributed by atoms with Crippen LogP contribution in [0.3, 0.4) is 0 Å². The minimum absolute atomic E-state index is 0.0745. The molecule has 1 aromatic heterocycles. The lowest BCUT2D eigenvalue weighted by molar-refractivity contribution is 0.0785. The van der Waals surface area contributed by atoms with Crippen LogP contribution in [0.25, 0.3) is 0 Å². The van der Waals surface area contributed by atoms with Crippen LogP contribution in [0.15, 0.2) is 0 Å². The molecular weight excluding hydrogens is 276 g/mol. The van der Waals surface area contributed by atoms with Gasteiger partial charge in [-0.3, -0.25) is 4.79 Å². The van der Waals surface area contributed by atoms with E-state index in [1.807, 2.05) is 0 Å². The number of nitrogen functional groups attached to an aromatic ring is 1. The highest BCUT2D eigenvalue weighted by molar-refractivity contribution is 7.18. The highest BCUT2D eigenvalue weighted by Crippen LogP contribution is 2.28. The van der Waals surface area contributed by atoms with Crippen molar-refractivity contribution in [1.82, 2.24) is 9.88 Å². The van der Waals surface area contributed by atoms with Gasteiger partial charge in [0.05, 0.1) is 0 Å². The van der Waals surface area contributed by atoms with Crippen LogP contribution >= 0.6 is 11.3 Å². The molecule has 20 heavy (non-hydrogen) atoms. The number of carbonyl (C=O) groups is 1. The van der Waals surface area contributed by atoms with E-state index in [-0.39, 0.29) is 5.91 Å². The van der Waals surface area contributed by atoms with Crippen molar-refractivity contribution in [3.63, 3.8) is 0 Å². The van der Waals surface area contributed by atoms with Gasteiger partial charge in [0.25, 0.3) is 5.91 Å². The van der Waals surface area contributed by atoms with Crippen LogP contribution in [0.2, 0.25) is 0 Å². The zero-order valence-corrected chi connectivity index (χ0v) is 13.5. The second kappa shape index (κ2) is 8.06. The van der Waals surface area contributed by atoms with Gasteiger partial charge in [0, 0.05) is 40.4 Å². The quantitative estimate of drug-likeness (QED) is 0.740. The van der Waals surface area contributed by atoms with E-state index in [0.29, 0.717) is 23.8 Å². The van der Waals surface area contributed by atoms with Gasteiger partial charge in [-0.2, -0.15) is 0 Å². The van der Waals surface area contributed by atoms with Crippen LogP contribution in [0.1, 0.15) is 29.9 Å². The predicted molar refractivity (Wildman–Crippen MR) is 83.5 cm³/mol. The Bertz CT molecular complexity index is 432. The maximum absolute atomic E-state index is 12.3. The van der Waals surface area contributed by atoms with Crippen LogP contribution < -0.4 is 10.6 Å². The molecule has 0 unspecified atom stereocenters. The Balaban J connectivity index is 2.77. The third-order valence-corrected chi connectivity index (χ3v) is 4.18. The Morgan fingerprint density at radius 1 is 1.40 bits per heavy atom. The maximum atomic E-state index is 12.3. The van der Waals surface area contributed by atoms with Crippen LogP contribution in [0.4, 0.5) is 10.9 Å². The Morgan fingerprint density at radius 2 is 2.05 bits per heavy atom. The smallest absolute Gasteiger partial charge is 0.267 e. The highest BCUT2D eigenvalue weighted by atomic mass is 32.1. The lowest BCUT2D eigenvalue weighted by atomic mass is 10.3. The van der Waals surface area contributed by atoms with Crippen molar-refractivity contribution in [2.75, 3.05) is 51.0 Å². The molecule has 1 rings (SSSR count). The lowest BCUT2D eigenvalue weighted by Gasteiger charge is -2.17. The summed E-state index contributed by atoms with van der Waals surface area (Å²) >= 11 is 1.36. The highest BCUT2D eigenvalue weighted by Gasteiger charge is 2.21. The molecule has 0 bridgehead atoms. The summed E-state index contributed by atoms with van der Waals surface area (Å²) in [6, 6.07) is 0. The molecule has 2 N–H and O–H groups in total. The first-order chi connectivity index (χ1) is 9.54. The Labute approximate surface area is 124 Å². The number of hydrogen-bond donors (Lipinski definition) is 1. The van der Waals surface area contributed by atoms with E-state index < -0.39 is 0 Å². The number of rotatable bonds is 8. The van der Waals surface area contributed by atoms with E-state index in [1.165, 1.54) is 11.3 Å². The molecule has 0 spiro atoms. The first kappa shape index (κ1) is 16.7. The van der Waals surface area contributed by atoms with E-state index in [0.717, 1.165) is 24.6 Å². The van der Waals surface area contributed by atoms with Crippen molar-refractivity contribution in [3.05, 3.63) is 4.88 Å². The van der Waals surface area contributed by atoms with Crippen molar-refractivity contribution >= 4 is 28.2 Å². The van der Waals surface area contributed by atoms with E-state index in [4.69, 9.17) is 10.5 Å². The van der Waals surface area contributed by atoms with Gasteiger partial charge in [-0.1, -0.05) is 11.3 Å². The summed E-state index contributed by atoms with van der Waals surface area (Å²) in [6.07, 6.45) is 0.806. The van der Waals surface area contributed by atoms with Gasteiger partial charge in [0.15, 0.2) is 5.13 Å². The molecule has 1 heterocycles. The van der Waals surface area contributed by atoms with Gasteiger partial charge in [0.2, 0.25) is 0 Å². The first-order valence-corrected chi connectivity index (χ1v) is 7.62. The summed E-state index contributed by atoms with van der Waals surface area (Å²) in [5.41, 5.74) is 5.88. The van der Waals surface area contributed by atoms with Crippen molar-refractivity contribution in [2.24, 2.45) is 0 Å².